The Morgan fingerprint density at radius 1 is 1.10 bits per heavy atom. The first-order valence-electron chi connectivity index (χ1n) is 12.9. The Bertz CT molecular complexity index is 714. The maximum atomic E-state index is 13.0. The first-order valence-corrected chi connectivity index (χ1v) is 12.9. The highest BCUT2D eigenvalue weighted by molar-refractivity contribution is 5.89. The Labute approximate surface area is 183 Å². The van der Waals surface area contributed by atoms with Crippen LogP contribution in [0.4, 0.5) is 0 Å². The van der Waals surface area contributed by atoms with Gasteiger partial charge in [0.2, 0.25) is 0 Å². The van der Waals surface area contributed by atoms with E-state index in [4.69, 9.17) is 9.99 Å². The van der Waals surface area contributed by atoms with E-state index in [0.29, 0.717) is 23.0 Å². The van der Waals surface area contributed by atoms with Crippen LogP contribution in [0.5, 0.6) is 0 Å². The van der Waals surface area contributed by atoms with Gasteiger partial charge < -0.3 is 10.2 Å². The van der Waals surface area contributed by atoms with Crippen molar-refractivity contribution in [2.24, 2.45) is 51.5 Å². The van der Waals surface area contributed by atoms with Gasteiger partial charge in [-0.3, -0.25) is 4.79 Å². The minimum absolute atomic E-state index is 0.0294. The van der Waals surface area contributed by atoms with Gasteiger partial charge >= 0.3 is 0 Å². The molecule has 1 aliphatic heterocycles. The van der Waals surface area contributed by atoms with Crippen molar-refractivity contribution in [1.82, 2.24) is 5.32 Å². The van der Waals surface area contributed by atoms with Crippen LogP contribution in [0, 0.1) is 46.3 Å². The lowest BCUT2D eigenvalue weighted by molar-refractivity contribution is -0.140. The van der Waals surface area contributed by atoms with E-state index in [1.54, 1.807) is 0 Å². The number of nitrogens with zero attached hydrogens (tertiary/aromatic N) is 1. The summed E-state index contributed by atoms with van der Waals surface area (Å²) in [5.74, 6) is 4.35. The molecule has 4 heteroatoms. The van der Waals surface area contributed by atoms with Gasteiger partial charge in [0.25, 0.3) is 0 Å². The zero-order valence-electron chi connectivity index (χ0n) is 19.6. The Morgan fingerprint density at radius 3 is 2.67 bits per heavy atom. The van der Waals surface area contributed by atoms with E-state index >= 15 is 0 Å². The maximum absolute atomic E-state index is 13.0. The molecule has 5 fully saturated rings. The van der Waals surface area contributed by atoms with Crippen LogP contribution >= 0.6 is 0 Å². The molecule has 0 radical (unpaired) electrons. The molecule has 9 atom stereocenters. The summed E-state index contributed by atoms with van der Waals surface area (Å²) < 4.78 is 0. The molecule has 5 aliphatic rings. The molecule has 1 N–H and O–H groups in total. The molecule has 0 aromatic heterocycles. The molecule has 5 rings (SSSR count). The van der Waals surface area contributed by atoms with E-state index < -0.39 is 0 Å². The number of carbonyl (C=O) groups is 1. The number of hydrogen-bond donors (Lipinski definition) is 1. The molecule has 4 nitrogen and oxygen atoms in total. The van der Waals surface area contributed by atoms with Gasteiger partial charge in [0.05, 0.1) is 5.71 Å². The van der Waals surface area contributed by atoms with Gasteiger partial charge in [0, 0.05) is 30.2 Å². The molecule has 6 unspecified atom stereocenters. The average molecular weight is 415 g/mol. The van der Waals surface area contributed by atoms with Gasteiger partial charge in [-0.15, -0.1) is 0 Å². The van der Waals surface area contributed by atoms with Crippen LogP contribution in [-0.2, 0) is 9.63 Å². The van der Waals surface area contributed by atoms with Crippen molar-refractivity contribution >= 4 is 11.5 Å². The molecule has 4 aliphatic carbocycles. The monoisotopic (exact) mass is 414 g/mol. The third kappa shape index (κ3) is 3.03. The SMILES string of the molecule is CC[C@H]1C(=NOC2CCNC2)CC[C@]2(C)C3CC[C@]4(C)C(=O)C(C)CC4C3CCC12. The predicted octanol–water partition coefficient (Wildman–Crippen LogP) is 5.21. The van der Waals surface area contributed by atoms with Gasteiger partial charge in [-0.05, 0) is 87.0 Å². The van der Waals surface area contributed by atoms with Gasteiger partial charge in [0.1, 0.15) is 11.9 Å². The normalized spacial score (nSPS) is 52.1. The first kappa shape index (κ1) is 21.0. The number of hydrogen-bond acceptors (Lipinski definition) is 4. The molecule has 168 valence electrons. The van der Waals surface area contributed by atoms with Crippen molar-refractivity contribution in [3.05, 3.63) is 0 Å². The van der Waals surface area contributed by atoms with Crippen molar-refractivity contribution in [3.8, 4) is 0 Å². The molecular formula is C26H42N2O2. The van der Waals surface area contributed by atoms with E-state index in [1.807, 2.05) is 0 Å². The van der Waals surface area contributed by atoms with Crippen molar-refractivity contribution in [1.29, 1.82) is 0 Å². The molecule has 0 aromatic carbocycles. The van der Waals surface area contributed by atoms with Crippen LogP contribution in [0.1, 0.15) is 85.5 Å². The molecule has 0 bridgehead atoms. The van der Waals surface area contributed by atoms with Crippen LogP contribution in [0.15, 0.2) is 5.16 Å². The number of Topliss-reactive ketones (excluding diaryl/α,β-unsaturated/α-hetero) is 1. The fraction of sp³-hybridized carbons (Fsp3) is 0.923. The second-order valence-electron chi connectivity index (χ2n) is 11.8. The van der Waals surface area contributed by atoms with Crippen LogP contribution in [-0.4, -0.2) is 30.7 Å². The van der Waals surface area contributed by atoms with E-state index in [1.165, 1.54) is 37.8 Å². The fourth-order valence-corrected chi connectivity index (χ4v) is 8.94. The van der Waals surface area contributed by atoms with E-state index in [9.17, 15) is 4.79 Å². The summed E-state index contributed by atoms with van der Waals surface area (Å²) >= 11 is 0. The Balaban J connectivity index is 1.37. The van der Waals surface area contributed by atoms with Gasteiger partial charge in [-0.2, -0.15) is 0 Å². The number of carbonyl (C=O) groups excluding carboxylic acids is 1. The van der Waals surface area contributed by atoms with Crippen molar-refractivity contribution < 1.29 is 9.63 Å². The molecule has 4 saturated carbocycles. The minimum atomic E-state index is -0.0294. The highest BCUT2D eigenvalue weighted by Gasteiger charge is 2.62. The van der Waals surface area contributed by atoms with Crippen LogP contribution in [0.3, 0.4) is 0 Å². The number of oxime groups is 1. The van der Waals surface area contributed by atoms with Crippen molar-refractivity contribution in [3.63, 3.8) is 0 Å². The van der Waals surface area contributed by atoms with Crippen LogP contribution in [0.25, 0.3) is 0 Å². The zero-order valence-corrected chi connectivity index (χ0v) is 19.6. The molecular weight excluding hydrogens is 372 g/mol. The second-order valence-corrected chi connectivity index (χ2v) is 11.8. The van der Waals surface area contributed by atoms with E-state index in [-0.39, 0.29) is 17.4 Å². The lowest BCUT2D eigenvalue weighted by Crippen LogP contribution is -2.56. The zero-order chi connectivity index (χ0) is 21.1. The molecule has 0 spiro atoms. The topological polar surface area (TPSA) is 50.7 Å². The minimum Gasteiger partial charge on any atom is -0.391 e. The number of fused-ring (bicyclic) bond motifs is 5. The van der Waals surface area contributed by atoms with Crippen LogP contribution < -0.4 is 5.32 Å². The molecule has 0 amide bonds. The predicted molar refractivity (Wildman–Crippen MR) is 120 cm³/mol. The Hall–Kier alpha value is -0.900. The first-order chi connectivity index (χ1) is 14.4. The summed E-state index contributed by atoms with van der Waals surface area (Å²) in [7, 11) is 0. The third-order valence-corrected chi connectivity index (χ3v) is 10.6. The standard InChI is InChI=1S/C26H42N2O2/c1-5-18-20-7-6-19-21(8-11-26(4)22(19)14-16(2)24(26)29)25(20,3)12-9-23(18)28-30-17-10-13-27-15-17/h16-22,27H,5-15H2,1-4H3/t16?,17?,18-,19?,20?,21?,22?,25+,26+/m1/s1. The molecule has 30 heavy (non-hydrogen) atoms. The summed E-state index contributed by atoms with van der Waals surface area (Å²) in [5, 5.41) is 8.14. The highest BCUT2D eigenvalue weighted by Crippen LogP contribution is 2.66. The highest BCUT2D eigenvalue weighted by atomic mass is 16.6. The molecule has 1 heterocycles. The summed E-state index contributed by atoms with van der Waals surface area (Å²) in [6, 6.07) is 0. The van der Waals surface area contributed by atoms with E-state index in [2.05, 4.69) is 33.0 Å². The number of nitrogens with one attached hydrogen (secondary N) is 1. The second kappa shape index (κ2) is 7.60. The number of rotatable bonds is 3. The summed E-state index contributed by atoms with van der Waals surface area (Å²) in [4.78, 5) is 19.0. The van der Waals surface area contributed by atoms with Crippen molar-refractivity contribution in [2.75, 3.05) is 13.1 Å². The summed E-state index contributed by atoms with van der Waals surface area (Å²) in [5.41, 5.74) is 1.72. The van der Waals surface area contributed by atoms with Gasteiger partial charge in [-0.1, -0.05) is 32.9 Å². The fourth-order valence-electron chi connectivity index (χ4n) is 8.94. The molecule has 1 saturated heterocycles. The smallest absolute Gasteiger partial charge is 0.141 e. The largest absolute Gasteiger partial charge is 0.391 e. The maximum Gasteiger partial charge on any atom is 0.141 e. The number of ketones is 1. The average Bonchev–Trinajstić information content (AvgIpc) is 3.33. The van der Waals surface area contributed by atoms with Gasteiger partial charge in [-0.25, -0.2) is 0 Å². The quantitative estimate of drug-likeness (QED) is 0.645. The van der Waals surface area contributed by atoms with Crippen molar-refractivity contribution in [2.45, 2.75) is 91.6 Å². The Kier molecular flexibility index (Phi) is 5.31. The Morgan fingerprint density at radius 2 is 1.93 bits per heavy atom. The summed E-state index contributed by atoms with van der Waals surface area (Å²) in [6.07, 6.45) is 11.0. The molecule has 0 aromatic rings. The van der Waals surface area contributed by atoms with E-state index in [0.717, 1.165) is 56.5 Å². The lowest BCUT2D eigenvalue weighted by atomic mass is 9.43. The summed E-state index contributed by atoms with van der Waals surface area (Å²) in [6.45, 7) is 11.4. The lowest BCUT2D eigenvalue weighted by Gasteiger charge is -2.61. The van der Waals surface area contributed by atoms with Gasteiger partial charge in [0.15, 0.2) is 0 Å². The third-order valence-electron chi connectivity index (χ3n) is 10.6. The van der Waals surface area contributed by atoms with Crippen LogP contribution in [0.2, 0.25) is 0 Å².